The molecule has 0 unspecified atom stereocenters. The van der Waals surface area contributed by atoms with E-state index >= 15 is 0 Å². The monoisotopic (exact) mass is 389 g/mol. The van der Waals surface area contributed by atoms with Crippen LogP contribution in [0.3, 0.4) is 0 Å². The number of hydrogen-bond acceptors (Lipinski definition) is 1. The number of carbonyl (C=O) groups is 1. The summed E-state index contributed by atoms with van der Waals surface area (Å²) in [7, 11) is 0. The summed E-state index contributed by atoms with van der Waals surface area (Å²) in [5.41, 5.74) is 5.78. The summed E-state index contributed by atoms with van der Waals surface area (Å²) in [4.78, 5) is 13.8. The summed E-state index contributed by atoms with van der Waals surface area (Å²) in [6, 6.07) is 31.7. The maximum absolute atomic E-state index is 13.8. The molecule has 0 aliphatic heterocycles. The Morgan fingerprint density at radius 1 is 0.767 bits per heavy atom. The Labute approximate surface area is 176 Å². The van der Waals surface area contributed by atoms with Gasteiger partial charge in [0, 0.05) is 22.9 Å². The zero-order valence-electron chi connectivity index (χ0n) is 16.9. The molecule has 0 spiro atoms. The van der Waals surface area contributed by atoms with Gasteiger partial charge in [-0.1, -0.05) is 84.9 Å². The van der Waals surface area contributed by atoms with Gasteiger partial charge in [-0.25, -0.2) is 0 Å². The summed E-state index contributed by atoms with van der Waals surface area (Å²) < 4.78 is 0. The molecule has 2 bridgehead atoms. The van der Waals surface area contributed by atoms with Gasteiger partial charge >= 0.3 is 0 Å². The van der Waals surface area contributed by atoms with E-state index < -0.39 is 5.41 Å². The summed E-state index contributed by atoms with van der Waals surface area (Å²) in [5, 5.41) is 5.52. The predicted octanol–water partition coefficient (Wildman–Crippen LogP) is 6.47. The Bertz CT molecular complexity index is 1250. The van der Waals surface area contributed by atoms with Crippen LogP contribution in [0.1, 0.15) is 47.4 Å². The summed E-state index contributed by atoms with van der Waals surface area (Å²) in [6.07, 6.45) is 0.836. The molecular weight excluding hydrogens is 366 g/mol. The van der Waals surface area contributed by atoms with E-state index in [0.717, 1.165) is 22.9 Å². The molecule has 1 N–H and O–H groups in total. The second-order valence-corrected chi connectivity index (χ2v) is 8.85. The minimum atomic E-state index is -0.496. The summed E-state index contributed by atoms with van der Waals surface area (Å²) in [5.74, 6) is 0.452. The van der Waals surface area contributed by atoms with Crippen LogP contribution in [0, 0.1) is 5.41 Å². The lowest BCUT2D eigenvalue weighted by atomic mass is 9.52. The number of amides is 1. The van der Waals surface area contributed by atoms with E-state index in [9.17, 15) is 4.79 Å². The molecule has 0 heterocycles. The van der Waals surface area contributed by atoms with Crippen LogP contribution in [0.5, 0.6) is 0 Å². The first-order chi connectivity index (χ1) is 14.7. The van der Waals surface area contributed by atoms with Crippen LogP contribution in [0.2, 0.25) is 0 Å². The highest BCUT2D eigenvalue weighted by atomic mass is 16.2. The number of anilines is 1. The van der Waals surface area contributed by atoms with E-state index in [1.807, 2.05) is 24.3 Å². The van der Waals surface area contributed by atoms with Crippen LogP contribution < -0.4 is 5.32 Å². The molecular formula is C28H23NO. The number of hydrogen-bond donors (Lipinski definition) is 1. The third kappa shape index (κ3) is 2.34. The molecule has 1 atom stereocenters. The van der Waals surface area contributed by atoms with Crippen molar-refractivity contribution in [2.45, 2.75) is 25.2 Å². The van der Waals surface area contributed by atoms with Crippen molar-refractivity contribution >= 4 is 22.4 Å². The first-order valence-electron chi connectivity index (χ1n) is 10.6. The fourth-order valence-corrected chi connectivity index (χ4v) is 5.79. The van der Waals surface area contributed by atoms with Crippen LogP contribution >= 0.6 is 0 Å². The highest BCUT2D eigenvalue weighted by molar-refractivity contribution is 6.04. The topological polar surface area (TPSA) is 29.1 Å². The fraction of sp³-hybridized carbons (Fsp3) is 0.179. The Hall–Kier alpha value is -3.39. The lowest BCUT2D eigenvalue weighted by molar-refractivity contribution is -0.126. The summed E-state index contributed by atoms with van der Waals surface area (Å²) in [6.45, 7) is 2.15. The van der Waals surface area contributed by atoms with E-state index in [1.54, 1.807) is 0 Å². The third-order valence-corrected chi connectivity index (χ3v) is 7.19. The molecule has 0 saturated heterocycles. The van der Waals surface area contributed by atoms with Gasteiger partial charge in [-0.05, 0) is 47.1 Å². The van der Waals surface area contributed by atoms with Gasteiger partial charge in [0.25, 0.3) is 0 Å². The van der Waals surface area contributed by atoms with Gasteiger partial charge in [0.1, 0.15) is 0 Å². The lowest BCUT2D eigenvalue weighted by Gasteiger charge is -2.50. The molecule has 4 aromatic carbocycles. The van der Waals surface area contributed by atoms with Crippen LogP contribution in [0.25, 0.3) is 10.8 Å². The second kappa shape index (κ2) is 6.30. The highest BCUT2D eigenvalue weighted by Crippen LogP contribution is 2.61. The first kappa shape index (κ1) is 17.5. The number of fused-ring (bicyclic) bond motifs is 2. The van der Waals surface area contributed by atoms with E-state index in [4.69, 9.17) is 0 Å². The molecule has 1 amide bonds. The Morgan fingerprint density at radius 2 is 1.33 bits per heavy atom. The van der Waals surface area contributed by atoms with Crippen molar-refractivity contribution in [3.8, 4) is 0 Å². The van der Waals surface area contributed by atoms with Gasteiger partial charge in [0.05, 0.1) is 5.41 Å². The van der Waals surface area contributed by atoms with Crippen molar-refractivity contribution in [3.05, 3.63) is 113 Å². The van der Waals surface area contributed by atoms with E-state index in [-0.39, 0.29) is 17.7 Å². The van der Waals surface area contributed by atoms with Crippen LogP contribution in [0.15, 0.2) is 91.0 Å². The molecule has 146 valence electrons. The molecule has 7 rings (SSSR count). The van der Waals surface area contributed by atoms with Crippen LogP contribution in [0.4, 0.5) is 5.69 Å². The minimum absolute atomic E-state index is 0.0740. The maximum Gasteiger partial charge on any atom is 0.231 e. The van der Waals surface area contributed by atoms with E-state index in [0.29, 0.717) is 0 Å². The number of carbonyl (C=O) groups excluding carboxylic acids is 1. The normalized spacial score (nSPS) is 23.6. The molecule has 0 fully saturated rings. The maximum atomic E-state index is 13.8. The predicted molar refractivity (Wildman–Crippen MR) is 122 cm³/mol. The first-order valence-corrected chi connectivity index (χ1v) is 10.6. The van der Waals surface area contributed by atoms with Gasteiger partial charge < -0.3 is 5.32 Å². The molecule has 3 aliphatic rings. The molecule has 3 aliphatic carbocycles. The molecule has 0 radical (unpaired) electrons. The zero-order valence-corrected chi connectivity index (χ0v) is 16.9. The standard InChI is InChI=1S/C28H23NO/c1-28(27(30)29-25-16-8-10-18-9-2-3-11-19(18)25)17-24-20-12-4-6-14-22(20)26(28)23-15-7-5-13-21(23)24/h2-16,24,26H,17H2,1H3,(H,29,30)/t24?,26?,28-/m1/s1. The van der Waals surface area contributed by atoms with Crippen molar-refractivity contribution in [2.24, 2.45) is 5.41 Å². The SMILES string of the molecule is C[C@@]1(C(=O)Nc2cccc3ccccc23)CC2c3ccccc3C1c1ccccc12. The average molecular weight is 389 g/mol. The third-order valence-electron chi connectivity index (χ3n) is 7.19. The van der Waals surface area contributed by atoms with Crippen molar-refractivity contribution in [2.75, 3.05) is 5.32 Å². The summed E-state index contributed by atoms with van der Waals surface area (Å²) >= 11 is 0. The second-order valence-electron chi connectivity index (χ2n) is 8.85. The van der Waals surface area contributed by atoms with Crippen LogP contribution in [-0.4, -0.2) is 5.91 Å². The minimum Gasteiger partial charge on any atom is -0.325 e. The smallest absolute Gasteiger partial charge is 0.231 e. The van der Waals surface area contributed by atoms with Gasteiger partial charge in [0.2, 0.25) is 5.91 Å². The van der Waals surface area contributed by atoms with Crippen molar-refractivity contribution in [3.63, 3.8) is 0 Å². The van der Waals surface area contributed by atoms with E-state index in [1.165, 1.54) is 22.3 Å². The molecule has 0 saturated carbocycles. The van der Waals surface area contributed by atoms with Gasteiger partial charge in [-0.2, -0.15) is 0 Å². The number of nitrogens with one attached hydrogen (secondary N) is 1. The zero-order chi connectivity index (χ0) is 20.3. The largest absolute Gasteiger partial charge is 0.325 e. The number of benzene rings is 4. The average Bonchev–Trinajstić information content (AvgIpc) is 2.79. The molecule has 0 aromatic heterocycles. The van der Waals surface area contributed by atoms with E-state index in [2.05, 4.69) is 79.0 Å². The van der Waals surface area contributed by atoms with Gasteiger partial charge in [-0.15, -0.1) is 0 Å². The number of rotatable bonds is 2. The quantitative estimate of drug-likeness (QED) is 0.418. The highest BCUT2D eigenvalue weighted by Gasteiger charge is 2.53. The van der Waals surface area contributed by atoms with Crippen molar-refractivity contribution in [1.29, 1.82) is 0 Å². The Morgan fingerprint density at radius 3 is 2.03 bits per heavy atom. The Kier molecular flexibility index (Phi) is 3.67. The van der Waals surface area contributed by atoms with Crippen molar-refractivity contribution in [1.82, 2.24) is 0 Å². The molecule has 4 aromatic rings. The van der Waals surface area contributed by atoms with Crippen molar-refractivity contribution < 1.29 is 4.79 Å². The molecule has 2 heteroatoms. The van der Waals surface area contributed by atoms with Gasteiger partial charge in [0.15, 0.2) is 0 Å². The molecule has 2 nitrogen and oxygen atoms in total. The molecule has 30 heavy (non-hydrogen) atoms. The fourth-order valence-electron chi connectivity index (χ4n) is 5.79. The van der Waals surface area contributed by atoms with Crippen LogP contribution in [-0.2, 0) is 4.79 Å². The lowest BCUT2D eigenvalue weighted by Crippen LogP contribution is -2.47. The van der Waals surface area contributed by atoms with Gasteiger partial charge in [-0.3, -0.25) is 4.79 Å². The Balaban J connectivity index is 1.46.